The van der Waals surface area contributed by atoms with E-state index in [0.717, 1.165) is 44.9 Å². The fourth-order valence-electron chi connectivity index (χ4n) is 2.10. The highest BCUT2D eigenvalue weighted by atomic mass is 16.2. The van der Waals surface area contributed by atoms with E-state index in [1.807, 2.05) is 0 Å². The lowest BCUT2D eigenvalue weighted by Crippen LogP contribution is -2.46. The minimum Gasteiger partial charge on any atom is -0.314 e. The third kappa shape index (κ3) is 3.29. The summed E-state index contributed by atoms with van der Waals surface area (Å²) in [6.45, 7) is 5.28. The Kier molecular flexibility index (Phi) is 4.13. The van der Waals surface area contributed by atoms with Gasteiger partial charge < -0.3 is 5.32 Å². The van der Waals surface area contributed by atoms with Crippen LogP contribution in [0.5, 0.6) is 0 Å². The van der Waals surface area contributed by atoms with Crippen LogP contribution < -0.4 is 5.32 Å². The second kappa shape index (κ2) is 5.80. The molecule has 2 aliphatic rings. The summed E-state index contributed by atoms with van der Waals surface area (Å²) >= 11 is 0. The maximum atomic E-state index is 11.5. The summed E-state index contributed by atoms with van der Waals surface area (Å²) in [5.41, 5.74) is 1.07. The Hall–Kier alpha value is -1.38. The van der Waals surface area contributed by atoms with Gasteiger partial charge in [-0.3, -0.25) is 9.69 Å². The normalized spacial score (nSPS) is 22.2. The monoisotopic (exact) mass is 234 g/mol. The van der Waals surface area contributed by atoms with Crippen molar-refractivity contribution < 1.29 is 4.79 Å². The number of piperazine rings is 1. The van der Waals surface area contributed by atoms with Crippen LogP contribution >= 0.6 is 0 Å². The summed E-state index contributed by atoms with van der Waals surface area (Å²) in [6.07, 6.45) is 6.52. The molecule has 0 saturated carbocycles. The van der Waals surface area contributed by atoms with Crippen molar-refractivity contribution in [3.05, 3.63) is 0 Å². The highest BCUT2D eigenvalue weighted by molar-refractivity contribution is 5.93. The predicted octanol–water partition coefficient (Wildman–Crippen LogP) is -0.497. The number of terminal acetylenes is 1. The Labute approximate surface area is 102 Å². The molecule has 92 valence electrons. The summed E-state index contributed by atoms with van der Waals surface area (Å²) in [5, 5.41) is 9.08. The topological polar surface area (TPSA) is 47.9 Å². The lowest BCUT2D eigenvalue weighted by Gasteiger charge is -2.29. The minimum absolute atomic E-state index is 0.0343. The van der Waals surface area contributed by atoms with Gasteiger partial charge >= 0.3 is 0 Å². The number of hydrazone groups is 1. The van der Waals surface area contributed by atoms with Crippen LogP contribution in [0, 0.1) is 12.3 Å². The van der Waals surface area contributed by atoms with E-state index in [0.29, 0.717) is 6.42 Å². The van der Waals surface area contributed by atoms with Gasteiger partial charge in [-0.15, -0.1) is 6.42 Å². The average molecular weight is 234 g/mol. The summed E-state index contributed by atoms with van der Waals surface area (Å²) < 4.78 is 0. The Balaban J connectivity index is 1.93. The Morgan fingerprint density at radius 2 is 2.12 bits per heavy atom. The first kappa shape index (κ1) is 12.1. The van der Waals surface area contributed by atoms with Gasteiger partial charge in [0.05, 0.1) is 5.71 Å². The molecule has 1 fully saturated rings. The smallest absolute Gasteiger partial charge is 0.243 e. The molecule has 0 aromatic carbocycles. The molecule has 17 heavy (non-hydrogen) atoms. The molecular formula is C12H18N4O. The second-order valence-electron chi connectivity index (χ2n) is 4.35. The largest absolute Gasteiger partial charge is 0.314 e. The molecule has 1 saturated heterocycles. The summed E-state index contributed by atoms with van der Waals surface area (Å²) in [7, 11) is 0. The van der Waals surface area contributed by atoms with Crippen molar-refractivity contribution in [2.75, 3.05) is 39.3 Å². The van der Waals surface area contributed by atoms with Crippen molar-refractivity contribution in [1.82, 2.24) is 15.2 Å². The van der Waals surface area contributed by atoms with Crippen LogP contribution in [0.4, 0.5) is 0 Å². The van der Waals surface area contributed by atoms with Gasteiger partial charge in [0.15, 0.2) is 0 Å². The number of nitrogens with zero attached hydrogens (tertiary/aromatic N) is 3. The van der Waals surface area contributed by atoms with E-state index in [1.165, 1.54) is 5.01 Å². The Bertz CT molecular complexity index is 352. The maximum Gasteiger partial charge on any atom is 0.243 e. The number of carbonyl (C=O) groups excluding carboxylic acids is 1. The van der Waals surface area contributed by atoms with Gasteiger partial charge in [0.2, 0.25) is 5.91 Å². The van der Waals surface area contributed by atoms with E-state index in [-0.39, 0.29) is 12.5 Å². The number of rotatable bonds is 3. The van der Waals surface area contributed by atoms with Gasteiger partial charge in [0, 0.05) is 39.1 Å². The summed E-state index contributed by atoms with van der Waals surface area (Å²) in [4.78, 5) is 13.9. The van der Waals surface area contributed by atoms with Crippen LogP contribution in [-0.4, -0.2) is 60.8 Å². The third-order valence-electron chi connectivity index (χ3n) is 3.03. The van der Waals surface area contributed by atoms with Gasteiger partial charge in [0.1, 0.15) is 6.54 Å². The van der Waals surface area contributed by atoms with Crippen molar-refractivity contribution in [3.63, 3.8) is 0 Å². The zero-order valence-electron chi connectivity index (χ0n) is 9.98. The van der Waals surface area contributed by atoms with E-state index in [2.05, 4.69) is 21.2 Å². The van der Waals surface area contributed by atoms with Crippen molar-refractivity contribution in [3.8, 4) is 12.3 Å². The van der Waals surface area contributed by atoms with Gasteiger partial charge in [0.25, 0.3) is 0 Å². The SMILES string of the molecule is C#CCN1N=C(CN2CCNCC2)CCC1=O. The first-order chi connectivity index (χ1) is 8.29. The lowest BCUT2D eigenvalue weighted by molar-refractivity contribution is -0.131. The number of amides is 1. The van der Waals surface area contributed by atoms with E-state index < -0.39 is 0 Å². The van der Waals surface area contributed by atoms with E-state index in [4.69, 9.17) is 6.42 Å². The number of carbonyl (C=O) groups is 1. The van der Waals surface area contributed by atoms with Crippen LogP contribution in [0.2, 0.25) is 0 Å². The molecular weight excluding hydrogens is 216 g/mol. The van der Waals surface area contributed by atoms with Crippen molar-refractivity contribution in [1.29, 1.82) is 0 Å². The zero-order chi connectivity index (χ0) is 12.1. The second-order valence-corrected chi connectivity index (χ2v) is 4.35. The molecule has 5 heteroatoms. The average Bonchev–Trinajstić information content (AvgIpc) is 2.35. The van der Waals surface area contributed by atoms with Gasteiger partial charge in [-0.1, -0.05) is 5.92 Å². The molecule has 1 amide bonds. The Morgan fingerprint density at radius 3 is 2.82 bits per heavy atom. The van der Waals surface area contributed by atoms with Crippen molar-refractivity contribution in [2.45, 2.75) is 12.8 Å². The van der Waals surface area contributed by atoms with Gasteiger partial charge in [-0.05, 0) is 6.42 Å². The van der Waals surface area contributed by atoms with Crippen LogP contribution in [0.3, 0.4) is 0 Å². The molecule has 1 N–H and O–H groups in total. The quantitative estimate of drug-likeness (QED) is 0.670. The molecule has 2 heterocycles. The first-order valence-electron chi connectivity index (χ1n) is 6.03. The number of hydrogen-bond donors (Lipinski definition) is 1. The molecule has 0 aliphatic carbocycles. The molecule has 5 nitrogen and oxygen atoms in total. The molecule has 2 aliphatic heterocycles. The van der Waals surface area contributed by atoms with Crippen LogP contribution in [0.1, 0.15) is 12.8 Å². The maximum absolute atomic E-state index is 11.5. The lowest BCUT2D eigenvalue weighted by atomic mass is 10.1. The van der Waals surface area contributed by atoms with E-state index in [9.17, 15) is 4.79 Å². The zero-order valence-corrected chi connectivity index (χ0v) is 9.98. The predicted molar refractivity (Wildman–Crippen MR) is 66.5 cm³/mol. The minimum atomic E-state index is 0.0343. The molecule has 0 bridgehead atoms. The molecule has 0 unspecified atom stereocenters. The fraction of sp³-hybridized carbons (Fsp3) is 0.667. The van der Waals surface area contributed by atoms with Crippen LogP contribution in [-0.2, 0) is 4.79 Å². The van der Waals surface area contributed by atoms with E-state index >= 15 is 0 Å². The van der Waals surface area contributed by atoms with Crippen LogP contribution in [0.15, 0.2) is 5.10 Å². The highest BCUT2D eigenvalue weighted by Crippen LogP contribution is 2.10. The van der Waals surface area contributed by atoms with Gasteiger partial charge in [-0.25, -0.2) is 5.01 Å². The Morgan fingerprint density at radius 1 is 1.35 bits per heavy atom. The van der Waals surface area contributed by atoms with Crippen LogP contribution in [0.25, 0.3) is 0 Å². The molecule has 0 aromatic rings. The standard InChI is InChI=1S/C12H18N4O/c1-2-7-16-12(17)4-3-11(14-16)10-15-8-5-13-6-9-15/h1,13H,3-10H2. The molecule has 2 rings (SSSR count). The molecule has 0 radical (unpaired) electrons. The molecule has 0 spiro atoms. The summed E-state index contributed by atoms with van der Waals surface area (Å²) in [5.74, 6) is 2.50. The summed E-state index contributed by atoms with van der Waals surface area (Å²) in [6, 6.07) is 0. The highest BCUT2D eigenvalue weighted by Gasteiger charge is 2.21. The molecule has 0 atom stereocenters. The first-order valence-corrected chi connectivity index (χ1v) is 6.03. The molecule has 0 aromatic heterocycles. The van der Waals surface area contributed by atoms with Gasteiger partial charge in [-0.2, -0.15) is 5.10 Å². The van der Waals surface area contributed by atoms with E-state index in [1.54, 1.807) is 0 Å². The number of hydrogen-bond acceptors (Lipinski definition) is 4. The fourth-order valence-corrected chi connectivity index (χ4v) is 2.10. The number of nitrogens with one attached hydrogen (secondary N) is 1. The third-order valence-corrected chi connectivity index (χ3v) is 3.03. The van der Waals surface area contributed by atoms with Crippen molar-refractivity contribution in [2.24, 2.45) is 5.10 Å². The van der Waals surface area contributed by atoms with Crippen molar-refractivity contribution >= 4 is 11.6 Å².